The molecule has 0 bridgehead atoms. The van der Waals surface area contributed by atoms with Crippen molar-refractivity contribution < 1.29 is 4.79 Å². The van der Waals surface area contributed by atoms with Gasteiger partial charge in [-0.3, -0.25) is 4.79 Å². The summed E-state index contributed by atoms with van der Waals surface area (Å²) in [4.78, 5) is 14.5. The summed E-state index contributed by atoms with van der Waals surface area (Å²) in [5, 5.41) is 3.49. The lowest BCUT2D eigenvalue weighted by Gasteiger charge is -2.37. The molecule has 1 aliphatic heterocycles. The van der Waals surface area contributed by atoms with E-state index < -0.39 is 0 Å². The Balaban J connectivity index is 1.89. The first-order chi connectivity index (χ1) is 8.38. The first-order valence-corrected chi connectivity index (χ1v) is 7.43. The molecule has 3 heteroatoms. The van der Waals surface area contributed by atoms with Crippen LogP contribution in [-0.2, 0) is 4.79 Å². The van der Waals surface area contributed by atoms with Crippen LogP contribution in [0, 0.1) is 11.3 Å². The van der Waals surface area contributed by atoms with Gasteiger partial charge in [-0.05, 0) is 37.0 Å². The Bertz CT molecular complexity index is 304. The van der Waals surface area contributed by atoms with Gasteiger partial charge in [0.15, 0.2) is 0 Å². The first-order valence-electron chi connectivity index (χ1n) is 7.43. The van der Waals surface area contributed by atoms with Gasteiger partial charge >= 0.3 is 0 Å². The van der Waals surface area contributed by atoms with Crippen molar-refractivity contribution in [3.8, 4) is 0 Å². The first kappa shape index (κ1) is 13.9. The fraction of sp³-hybridized carbons (Fsp3) is 0.933. The van der Waals surface area contributed by atoms with E-state index in [2.05, 4.69) is 37.9 Å². The number of amides is 1. The topological polar surface area (TPSA) is 32.3 Å². The van der Waals surface area contributed by atoms with E-state index in [-0.39, 0.29) is 11.5 Å². The third kappa shape index (κ3) is 3.47. The van der Waals surface area contributed by atoms with Gasteiger partial charge in [0.05, 0.1) is 6.04 Å². The monoisotopic (exact) mass is 252 g/mol. The van der Waals surface area contributed by atoms with E-state index in [4.69, 9.17) is 0 Å². The number of hydrogen-bond donors (Lipinski definition) is 1. The highest BCUT2D eigenvalue weighted by atomic mass is 16.2. The number of carbonyl (C=O) groups is 1. The normalized spacial score (nSPS) is 27.4. The van der Waals surface area contributed by atoms with Gasteiger partial charge in [0.2, 0.25) is 5.91 Å². The molecule has 2 atom stereocenters. The summed E-state index contributed by atoms with van der Waals surface area (Å²) in [7, 11) is 0. The van der Waals surface area contributed by atoms with Gasteiger partial charge in [-0.1, -0.05) is 27.7 Å². The molecule has 1 aliphatic carbocycles. The van der Waals surface area contributed by atoms with Crippen LogP contribution in [-0.4, -0.2) is 36.0 Å². The van der Waals surface area contributed by atoms with E-state index in [0.717, 1.165) is 25.9 Å². The van der Waals surface area contributed by atoms with Gasteiger partial charge in [0.25, 0.3) is 0 Å². The summed E-state index contributed by atoms with van der Waals surface area (Å²) in [5.41, 5.74) is 0.275. The SMILES string of the molecule is CC(CN1CCCC(NC2CC2)C1=O)C(C)(C)C. The molecule has 2 aliphatic rings. The summed E-state index contributed by atoms with van der Waals surface area (Å²) in [5.74, 6) is 0.880. The van der Waals surface area contributed by atoms with Crippen LogP contribution in [0.4, 0.5) is 0 Å². The molecule has 3 nitrogen and oxygen atoms in total. The molecule has 0 radical (unpaired) electrons. The van der Waals surface area contributed by atoms with E-state index in [0.29, 0.717) is 17.9 Å². The molecule has 2 rings (SSSR count). The van der Waals surface area contributed by atoms with Crippen molar-refractivity contribution in [2.75, 3.05) is 13.1 Å². The number of likely N-dealkylation sites (tertiary alicyclic amines) is 1. The lowest BCUT2D eigenvalue weighted by Crippen LogP contribution is -2.52. The molecule has 1 heterocycles. The smallest absolute Gasteiger partial charge is 0.239 e. The van der Waals surface area contributed by atoms with Crippen LogP contribution in [0.3, 0.4) is 0 Å². The third-order valence-electron chi connectivity index (χ3n) is 4.52. The lowest BCUT2D eigenvalue weighted by molar-refractivity contribution is -0.137. The Labute approximate surface area is 111 Å². The zero-order valence-corrected chi connectivity index (χ0v) is 12.3. The van der Waals surface area contributed by atoms with Crippen LogP contribution >= 0.6 is 0 Å². The van der Waals surface area contributed by atoms with Gasteiger partial charge < -0.3 is 10.2 Å². The molecule has 0 aromatic heterocycles. The fourth-order valence-electron chi connectivity index (χ4n) is 2.42. The highest BCUT2D eigenvalue weighted by Crippen LogP contribution is 2.28. The summed E-state index contributed by atoms with van der Waals surface area (Å²) in [6.07, 6.45) is 4.67. The summed E-state index contributed by atoms with van der Waals surface area (Å²) < 4.78 is 0. The standard InChI is InChI=1S/C15H28N2O/c1-11(15(2,3)4)10-17-9-5-6-13(14(17)18)16-12-7-8-12/h11-13,16H,5-10H2,1-4H3. The molecule has 1 saturated heterocycles. The number of rotatable bonds is 4. The minimum absolute atomic E-state index is 0.0958. The molecule has 2 fully saturated rings. The maximum Gasteiger partial charge on any atom is 0.239 e. The Morgan fingerprint density at radius 3 is 2.56 bits per heavy atom. The summed E-state index contributed by atoms with van der Waals surface area (Å²) >= 11 is 0. The molecule has 1 amide bonds. The van der Waals surface area contributed by atoms with Crippen molar-refractivity contribution in [1.29, 1.82) is 0 Å². The molecule has 0 spiro atoms. The van der Waals surface area contributed by atoms with Crippen molar-refractivity contribution in [3.05, 3.63) is 0 Å². The van der Waals surface area contributed by atoms with E-state index in [1.165, 1.54) is 12.8 Å². The minimum Gasteiger partial charge on any atom is -0.341 e. The average Bonchev–Trinajstić information content (AvgIpc) is 3.06. The Hall–Kier alpha value is -0.570. The summed E-state index contributed by atoms with van der Waals surface area (Å²) in [6.45, 7) is 10.9. The predicted octanol–water partition coefficient (Wildman–Crippen LogP) is 2.41. The Kier molecular flexibility index (Phi) is 4.00. The van der Waals surface area contributed by atoms with Crippen molar-refractivity contribution >= 4 is 5.91 Å². The van der Waals surface area contributed by atoms with Crippen molar-refractivity contribution in [3.63, 3.8) is 0 Å². The van der Waals surface area contributed by atoms with Crippen molar-refractivity contribution in [2.45, 2.75) is 65.5 Å². The van der Waals surface area contributed by atoms with Crippen molar-refractivity contribution in [1.82, 2.24) is 10.2 Å². The second-order valence-electron chi connectivity index (χ2n) is 7.19. The van der Waals surface area contributed by atoms with E-state index in [1.807, 2.05) is 0 Å². The number of carbonyl (C=O) groups excluding carboxylic acids is 1. The molecular weight excluding hydrogens is 224 g/mol. The molecular formula is C15H28N2O. The molecule has 18 heavy (non-hydrogen) atoms. The van der Waals surface area contributed by atoms with Gasteiger partial charge in [-0.15, -0.1) is 0 Å². The predicted molar refractivity (Wildman–Crippen MR) is 74.4 cm³/mol. The van der Waals surface area contributed by atoms with E-state index >= 15 is 0 Å². The maximum absolute atomic E-state index is 12.4. The second-order valence-corrected chi connectivity index (χ2v) is 7.19. The van der Waals surface area contributed by atoms with Gasteiger partial charge in [0.1, 0.15) is 0 Å². The van der Waals surface area contributed by atoms with Crippen LogP contribution in [0.1, 0.15) is 53.4 Å². The largest absolute Gasteiger partial charge is 0.341 e. The fourth-order valence-corrected chi connectivity index (χ4v) is 2.42. The Morgan fingerprint density at radius 1 is 1.33 bits per heavy atom. The number of hydrogen-bond acceptors (Lipinski definition) is 2. The molecule has 104 valence electrons. The third-order valence-corrected chi connectivity index (χ3v) is 4.52. The number of piperidine rings is 1. The highest BCUT2D eigenvalue weighted by Gasteiger charge is 2.34. The zero-order chi connectivity index (χ0) is 13.3. The highest BCUT2D eigenvalue weighted by molar-refractivity contribution is 5.82. The quantitative estimate of drug-likeness (QED) is 0.833. The zero-order valence-electron chi connectivity index (χ0n) is 12.3. The number of nitrogens with one attached hydrogen (secondary N) is 1. The molecule has 1 saturated carbocycles. The summed E-state index contributed by atoms with van der Waals surface area (Å²) in [6, 6.07) is 0.720. The van der Waals surface area contributed by atoms with Gasteiger partial charge in [0, 0.05) is 19.1 Å². The van der Waals surface area contributed by atoms with Crippen LogP contribution in [0.15, 0.2) is 0 Å². The van der Waals surface area contributed by atoms with Gasteiger partial charge in [-0.2, -0.15) is 0 Å². The van der Waals surface area contributed by atoms with Crippen LogP contribution < -0.4 is 5.32 Å². The Morgan fingerprint density at radius 2 is 2.00 bits per heavy atom. The molecule has 0 aromatic carbocycles. The molecule has 1 N–H and O–H groups in total. The van der Waals surface area contributed by atoms with Crippen LogP contribution in [0.2, 0.25) is 0 Å². The van der Waals surface area contributed by atoms with E-state index in [1.54, 1.807) is 0 Å². The van der Waals surface area contributed by atoms with Crippen LogP contribution in [0.5, 0.6) is 0 Å². The molecule has 0 aromatic rings. The van der Waals surface area contributed by atoms with Crippen LogP contribution in [0.25, 0.3) is 0 Å². The van der Waals surface area contributed by atoms with Crippen molar-refractivity contribution in [2.24, 2.45) is 11.3 Å². The maximum atomic E-state index is 12.4. The molecule has 2 unspecified atom stereocenters. The minimum atomic E-state index is 0.0958. The van der Waals surface area contributed by atoms with E-state index in [9.17, 15) is 4.79 Å². The second kappa shape index (κ2) is 5.20. The van der Waals surface area contributed by atoms with Gasteiger partial charge in [-0.25, -0.2) is 0 Å². The lowest BCUT2D eigenvalue weighted by atomic mass is 9.81. The number of nitrogens with zero attached hydrogens (tertiary/aromatic N) is 1. The average molecular weight is 252 g/mol.